The summed E-state index contributed by atoms with van der Waals surface area (Å²) in [5, 5.41) is 15.6. The number of carbonyl (C=O) groups is 2. The minimum absolute atomic E-state index is 0.0528. The maximum Gasteiger partial charge on any atom is 0.322 e. The topological polar surface area (TPSA) is 101 Å². The zero-order valence-electron chi connectivity index (χ0n) is 21.3. The van der Waals surface area contributed by atoms with Gasteiger partial charge in [-0.1, -0.05) is 30.3 Å². The number of nitrogens with zero attached hydrogens (tertiary/aromatic N) is 4. The van der Waals surface area contributed by atoms with E-state index in [2.05, 4.69) is 21.7 Å². The van der Waals surface area contributed by atoms with Crippen LogP contribution in [0.25, 0.3) is 0 Å². The summed E-state index contributed by atoms with van der Waals surface area (Å²) in [5.41, 5.74) is 3.29. The molecule has 0 bridgehead atoms. The molecule has 0 spiro atoms. The first kappa shape index (κ1) is 25.3. The van der Waals surface area contributed by atoms with Crippen LogP contribution in [0.3, 0.4) is 0 Å². The lowest BCUT2D eigenvalue weighted by Crippen LogP contribution is -2.48. The number of rotatable bonds is 7. The molecule has 8 heteroatoms. The number of benzene rings is 2. The highest BCUT2D eigenvalue weighted by Crippen LogP contribution is 2.31. The molecule has 1 aromatic heterocycles. The van der Waals surface area contributed by atoms with Crippen molar-refractivity contribution in [2.45, 2.75) is 57.2 Å². The van der Waals surface area contributed by atoms with Crippen molar-refractivity contribution in [3.05, 3.63) is 84.1 Å². The standard InChI is InChI=1S/C30H32N6O2/c31-19-23-8-17-28(32-21-23)34-24-9-11-26(12-10-24)36(30(38)33-20-22-5-2-1-3-6-22)27-15-13-25(14-16-27)35-18-4-7-29(35)37/h1-3,5-6,8,13-17,21,24,26H,4,7,9-12,18,20H2,(H,32,34)(H,33,38). The predicted octanol–water partition coefficient (Wildman–Crippen LogP) is 5.22. The number of pyridine rings is 1. The van der Waals surface area contributed by atoms with Crippen molar-refractivity contribution in [1.82, 2.24) is 10.3 Å². The van der Waals surface area contributed by atoms with Crippen molar-refractivity contribution in [2.24, 2.45) is 0 Å². The van der Waals surface area contributed by atoms with Crippen molar-refractivity contribution in [3.63, 3.8) is 0 Å². The first-order valence-corrected chi connectivity index (χ1v) is 13.2. The van der Waals surface area contributed by atoms with Crippen LogP contribution in [0, 0.1) is 11.3 Å². The Morgan fingerprint density at radius 2 is 1.79 bits per heavy atom. The highest BCUT2D eigenvalue weighted by molar-refractivity contribution is 5.96. The van der Waals surface area contributed by atoms with Crippen molar-refractivity contribution < 1.29 is 9.59 Å². The van der Waals surface area contributed by atoms with Gasteiger partial charge in [-0.05, 0) is 74.1 Å². The number of nitrogens with one attached hydrogen (secondary N) is 2. The number of aromatic nitrogens is 1. The second-order valence-electron chi connectivity index (χ2n) is 9.87. The Morgan fingerprint density at radius 1 is 1.03 bits per heavy atom. The lowest BCUT2D eigenvalue weighted by Gasteiger charge is -2.37. The van der Waals surface area contributed by atoms with Gasteiger partial charge in [0, 0.05) is 49.2 Å². The fourth-order valence-electron chi connectivity index (χ4n) is 5.30. The molecule has 0 atom stereocenters. The lowest BCUT2D eigenvalue weighted by molar-refractivity contribution is -0.117. The highest BCUT2D eigenvalue weighted by atomic mass is 16.2. The van der Waals surface area contributed by atoms with Crippen molar-refractivity contribution >= 4 is 29.1 Å². The molecule has 0 radical (unpaired) electrons. The van der Waals surface area contributed by atoms with Crippen molar-refractivity contribution in [3.8, 4) is 6.07 Å². The molecule has 3 amide bonds. The van der Waals surface area contributed by atoms with Crippen LogP contribution >= 0.6 is 0 Å². The van der Waals surface area contributed by atoms with E-state index in [9.17, 15) is 9.59 Å². The lowest BCUT2D eigenvalue weighted by atomic mass is 9.90. The van der Waals surface area contributed by atoms with Gasteiger partial charge in [0.05, 0.1) is 5.56 Å². The first-order valence-electron chi connectivity index (χ1n) is 13.2. The van der Waals surface area contributed by atoms with Gasteiger partial charge in [0.25, 0.3) is 0 Å². The van der Waals surface area contributed by atoms with E-state index in [0.717, 1.165) is 61.4 Å². The molecule has 2 aromatic carbocycles. The molecule has 8 nitrogen and oxygen atoms in total. The van der Waals surface area contributed by atoms with Crippen LogP contribution in [0.2, 0.25) is 0 Å². The Kier molecular flexibility index (Phi) is 7.84. The average Bonchev–Trinajstić information content (AvgIpc) is 3.40. The molecule has 1 saturated carbocycles. The van der Waals surface area contributed by atoms with Gasteiger partial charge in [0.15, 0.2) is 0 Å². The molecule has 194 valence electrons. The number of amides is 3. The third-order valence-electron chi connectivity index (χ3n) is 7.32. The van der Waals surface area contributed by atoms with Gasteiger partial charge in [-0.2, -0.15) is 5.26 Å². The summed E-state index contributed by atoms with van der Waals surface area (Å²) in [7, 11) is 0. The Hall–Kier alpha value is -4.38. The van der Waals surface area contributed by atoms with E-state index >= 15 is 0 Å². The molecule has 1 aliphatic heterocycles. The van der Waals surface area contributed by atoms with Crippen LogP contribution in [0.5, 0.6) is 0 Å². The summed E-state index contributed by atoms with van der Waals surface area (Å²) in [6, 6.07) is 23.6. The van der Waals surface area contributed by atoms with Gasteiger partial charge >= 0.3 is 6.03 Å². The number of hydrogen-bond acceptors (Lipinski definition) is 5. The molecule has 1 saturated heterocycles. The molecule has 38 heavy (non-hydrogen) atoms. The Bertz CT molecular complexity index is 1280. The smallest absolute Gasteiger partial charge is 0.322 e. The van der Waals surface area contributed by atoms with Crippen LogP contribution in [0.1, 0.15) is 49.7 Å². The summed E-state index contributed by atoms with van der Waals surface area (Å²) in [6.45, 7) is 1.20. The molecule has 0 unspecified atom stereocenters. The quantitative estimate of drug-likeness (QED) is 0.456. The summed E-state index contributed by atoms with van der Waals surface area (Å²) in [6.07, 6.45) is 6.53. The third-order valence-corrected chi connectivity index (χ3v) is 7.32. The molecular formula is C30H32N6O2. The molecule has 1 aliphatic carbocycles. The van der Waals surface area contributed by atoms with Crippen molar-refractivity contribution in [1.29, 1.82) is 5.26 Å². The van der Waals surface area contributed by atoms with Gasteiger partial charge in [-0.25, -0.2) is 9.78 Å². The summed E-state index contributed by atoms with van der Waals surface area (Å²) >= 11 is 0. The van der Waals surface area contributed by atoms with Gasteiger partial charge in [-0.15, -0.1) is 0 Å². The maximum absolute atomic E-state index is 13.5. The van der Waals surface area contributed by atoms with E-state index in [1.165, 1.54) is 0 Å². The summed E-state index contributed by atoms with van der Waals surface area (Å²) in [5.74, 6) is 0.912. The van der Waals surface area contributed by atoms with Gasteiger partial charge in [0.1, 0.15) is 11.9 Å². The van der Waals surface area contributed by atoms with E-state index in [4.69, 9.17) is 5.26 Å². The number of carbonyl (C=O) groups excluding carboxylic acids is 2. The van der Waals surface area contributed by atoms with Gasteiger partial charge < -0.3 is 15.5 Å². The Labute approximate surface area is 223 Å². The first-order chi connectivity index (χ1) is 18.6. The normalized spacial score (nSPS) is 19.0. The molecular weight excluding hydrogens is 476 g/mol. The number of anilines is 3. The molecule has 2 N–H and O–H groups in total. The van der Waals surface area contributed by atoms with E-state index < -0.39 is 0 Å². The van der Waals surface area contributed by atoms with E-state index in [1.807, 2.05) is 70.5 Å². The fourth-order valence-corrected chi connectivity index (χ4v) is 5.30. The van der Waals surface area contributed by atoms with Crippen molar-refractivity contribution in [2.75, 3.05) is 21.7 Å². The Balaban J connectivity index is 1.28. The summed E-state index contributed by atoms with van der Waals surface area (Å²) in [4.78, 5) is 33.8. The fraction of sp³-hybridized carbons (Fsp3) is 0.333. The van der Waals surface area contributed by atoms with E-state index in [-0.39, 0.29) is 24.0 Å². The average molecular weight is 509 g/mol. The number of urea groups is 1. The van der Waals surface area contributed by atoms with Crippen LogP contribution in [0.4, 0.5) is 22.0 Å². The largest absolute Gasteiger partial charge is 0.367 e. The minimum Gasteiger partial charge on any atom is -0.367 e. The molecule has 5 rings (SSSR count). The Morgan fingerprint density at radius 3 is 2.42 bits per heavy atom. The van der Waals surface area contributed by atoms with Gasteiger partial charge in [0.2, 0.25) is 5.91 Å². The zero-order valence-corrected chi connectivity index (χ0v) is 21.3. The summed E-state index contributed by atoms with van der Waals surface area (Å²) < 4.78 is 0. The minimum atomic E-state index is -0.121. The van der Waals surface area contributed by atoms with Crippen LogP contribution < -0.4 is 20.4 Å². The van der Waals surface area contributed by atoms with Crippen LogP contribution in [-0.4, -0.2) is 35.6 Å². The number of hydrogen-bond donors (Lipinski definition) is 2. The van der Waals surface area contributed by atoms with E-state index in [0.29, 0.717) is 18.5 Å². The van der Waals surface area contributed by atoms with Gasteiger partial charge in [-0.3, -0.25) is 9.69 Å². The second kappa shape index (κ2) is 11.8. The molecule has 2 heterocycles. The maximum atomic E-state index is 13.5. The predicted molar refractivity (Wildman–Crippen MR) is 148 cm³/mol. The SMILES string of the molecule is N#Cc1ccc(NC2CCC(N(C(=O)NCc3ccccc3)c3ccc(N4CCCC4=O)cc3)CC2)nc1. The molecule has 3 aromatic rings. The molecule has 2 fully saturated rings. The second-order valence-corrected chi connectivity index (χ2v) is 9.87. The van der Waals surface area contributed by atoms with Crippen LogP contribution in [0.15, 0.2) is 72.9 Å². The molecule has 2 aliphatic rings. The van der Waals surface area contributed by atoms with Crippen LogP contribution in [-0.2, 0) is 11.3 Å². The van der Waals surface area contributed by atoms with E-state index in [1.54, 1.807) is 12.3 Å². The highest BCUT2D eigenvalue weighted by Gasteiger charge is 2.31. The monoisotopic (exact) mass is 508 g/mol. The third kappa shape index (κ3) is 5.94. The zero-order chi connectivity index (χ0) is 26.3. The number of nitriles is 1.